The zero-order chi connectivity index (χ0) is 19.7. The second-order valence-corrected chi connectivity index (χ2v) is 8.68. The van der Waals surface area contributed by atoms with Crippen molar-refractivity contribution in [2.75, 3.05) is 31.6 Å². The van der Waals surface area contributed by atoms with E-state index in [9.17, 15) is 13.2 Å². The van der Waals surface area contributed by atoms with Gasteiger partial charge in [0.25, 0.3) is 0 Å². The van der Waals surface area contributed by atoms with Gasteiger partial charge in [0, 0.05) is 7.05 Å². The summed E-state index contributed by atoms with van der Waals surface area (Å²) in [5.74, 6) is 0.338. The molecule has 7 heteroatoms. The van der Waals surface area contributed by atoms with Gasteiger partial charge < -0.3 is 9.64 Å². The molecule has 0 aliphatic carbocycles. The van der Waals surface area contributed by atoms with Crippen LogP contribution in [-0.2, 0) is 14.8 Å². The molecule has 0 radical (unpaired) electrons. The number of nitrogens with zero attached hydrogens (tertiary/aromatic N) is 2. The molecule has 4 rings (SSSR count). The Bertz CT molecular complexity index is 1140. The number of sulfonamides is 1. The Morgan fingerprint density at radius 3 is 2.57 bits per heavy atom. The maximum absolute atomic E-state index is 13.0. The Labute approximate surface area is 164 Å². The number of hydrogen-bond acceptors (Lipinski definition) is 4. The fraction of sp³-hybridized carbons (Fsp3) is 0.190. The Morgan fingerprint density at radius 2 is 1.75 bits per heavy atom. The highest BCUT2D eigenvalue weighted by Crippen LogP contribution is 2.31. The van der Waals surface area contributed by atoms with Gasteiger partial charge in [-0.15, -0.1) is 0 Å². The average molecular weight is 396 g/mol. The molecule has 1 aliphatic rings. The fourth-order valence-electron chi connectivity index (χ4n) is 3.30. The average Bonchev–Trinajstić information content (AvgIpc) is 2.72. The van der Waals surface area contributed by atoms with E-state index in [2.05, 4.69) is 0 Å². The summed E-state index contributed by atoms with van der Waals surface area (Å²) in [6, 6.07) is 19.8. The Balaban J connectivity index is 1.57. The van der Waals surface area contributed by atoms with Crippen LogP contribution in [0.5, 0.6) is 5.75 Å². The minimum absolute atomic E-state index is 0.170. The van der Waals surface area contributed by atoms with Gasteiger partial charge in [-0.25, -0.2) is 8.42 Å². The van der Waals surface area contributed by atoms with Gasteiger partial charge in [-0.05, 0) is 35.0 Å². The predicted octanol–water partition coefficient (Wildman–Crippen LogP) is 2.89. The maximum Gasteiger partial charge on any atom is 0.243 e. The normalized spacial score (nSPS) is 14.0. The summed E-state index contributed by atoms with van der Waals surface area (Å²) in [4.78, 5) is 14.6. The number of likely N-dealkylation sites (N-methyl/N-ethyl adjacent to an activating group) is 1. The summed E-state index contributed by atoms with van der Waals surface area (Å²) < 4.78 is 32.6. The predicted molar refractivity (Wildman–Crippen MR) is 108 cm³/mol. The van der Waals surface area contributed by atoms with Crippen molar-refractivity contribution >= 4 is 32.4 Å². The van der Waals surface area contributed by atoms with Crippen LogP contribution in [0.3, 0.4) is 0 Å². The van der Waals surface area contributed by atoms with Crippen molar-refractivity contribution in [3.05, 3.63) is 66.7 Å². The number of amides is 1. The summed E-state index contributed by atoms with van der Waals surface area (Å²) in [6.45, 7) is 0.521. The van der Waals surface area contributed by atoms with Gasteiger partial charge in [-0.2, -0.15) is 4.31 Å². The molecule has 144 valence electrons. The van der Waals surface area contributed by atoms with Crippen molar-refractivity contribution in [2.45, 2.75) is 4.90 Å². The van der Waals surface area contributed by atoms with Crippen LogP contribution in [0.4, 0.5) is 5.69 Å². The smallest absolute Gasteiger partial charge is 0.243 e. The molecule has 0 unspecified atom stereocenters. The van der Waals surface area contributed by atoms with Crippen molar-refractivity contribution in [3.8, 4) is 5.75 Å². The van der Waals surface area contributed by atoms with E-state index in [1.54, 1.807) is 35.2 Å². The van der Waals surface area contributed by atoms with Crippen molar-refractivity contribution < 1.29 is 17.9 Å². The highest BCUT2D eigenvalue weighted by atomic mass is 32.2. The number of para-hydroxylation sites is 2. The van der Waals surface area contributed by atoms with Crippen LogP contribution in [0.1, 0.15) is 0 Å². The second-order valence-electron chi connectivity index (χ2n) is 6.63. The number of hydrogen-bond donors (Lipinski definition) is 0. The van der Waals surface area contributed by atoms with E-state index >= 15 is 0 Å². The fourth-order valence-corrected chi connectivity index (χ4v) is 4.45. The molecule has 0 fully saturated rings. The van der Waals surface area contributed by atoms with Crippen molar-refractivity contribution in [1.29, 1.82) is 0 Å². The van der Waals surface area contributed by atoms with E-state index < -0.39 is 10.0 Å². The zero-order valence-corrected chi connectivity index (χ0v) is 16.2. The van der Waals surface area contributed by atoms with Crippen LogP contribution in [-0.4, -0.2) is 45.4 Å². The van der Waals surface area contributed by atoms with Crippen LogP contribution in [0.25, 0.3) is 10.8 Å². The summed E-state index contributed by atoms with van der Waals surface area (Å²) in [6.07, 6.45) is 0. The molecule has 0 saturated carbocycles. The van der Waals surface area contributed by atoms with Crippen LogP contribution in [0.15, 0.2) is 71.6 Å². The number of fused-ring (bicyclic) bond motifs is 2. The Morgan fingerprint density at radius 1 is 1.04 bits per heavy atom. The number of rotatable bonds is 4. The minimum Gasteiger partial charge on any atom is -0.490 e. The largest absolute Gasteiger partial charge is 0.490 e. The lowest BCUT2D eigenvalue weighted by Crippen LogP contribution is -2.44. The molecule has 1 aliphatic heterocycles. The summed E-state index contributed by atoms with van der Waals surface area (Å²) in [5, 5.41) is 1.80. The highest BCUT2D eigenvalue weighted by molar-refractivity contribution is 7.89. The zero-order valence-electron chi connectivity index (χ0n) is 15.4. The molecule has 0 saturated heterocycles. The number of carbonyl (C=O) groups is 1. The lowest BCUT2D eigenvalue weighted by Gasteiger charge is -2.30. The van der Waals surface area contributed by atoms with Gasteiger partial charge in [0.15, 0.2) is 0 Å². The first-order chi connectivity index (χ1) is 13.5. The molecule has 1 heterocycles. The Hall–Kier alpha value is -2.90. The van der Waals surface area contributed by atoms with E-state index in [0.29, 0.717) is 24.6 Å². The third kappa shape index (κ3) is 3.34. The molecular weight excluding hydrogens is 376 g/mol. The van der Waals surface area contributed by atoms with Crippen LogP contribution in [0, 0.1) is 0 Å². The summed E-state index contributed by atoms with van der Waals surface area (Å²) in [5.41, 5.74) is 0.662. The molecule has 6 nitrogen and oxygen atoms in total. The number of ether oxygens (including phenoxy) is 1. The van der Waals surface area contributed by atoms with Gasteiger partial charge in [0.05, 0.1) is 23.7 Å². The van der Waals surface area contributed by atoms with E-state index in [1.807, 2.05) is 36.4 Å². The number of carbonyl (C=O) groups excluding carboxylic acids is 1. The monoisotopic (exact) mass is 396 g/mol. The molecule has 3 aromatic rings. The molecule has 0 bridgehead atoms. The lowest BCUT2D eigenvalue weighted by atomic mass is 10.1. The van der Waals surface area contributed by atoms with E-state index in [4.69, 9.17) is 4.74 Å². The SMILES string of the molecule is CN(CC(=O)N1CCOc2ccccc21)S(=O)(=O)c1ccc2ccccc2c1. The van der Waals surface area contributed by atoms with Crippen molar-refractivity contribution in [2.24, 2.45) is 0 Å². The molecule has 1 amide bonds. The third-order valence-electron chi connectivity index (χ3n) is 4.82. The summed E-state index contributed by atoms with van der Waals surface area (Å²) >= 11 is 0. The Kier molecular flexibility index (Phi) is 4.78. The molecule has 0 N–H and O–H groups in total. The van der Waals surface area contributed by atoms with E-state index in [0.717, 1.165) is 15.1 Å². The van der Waals surface area contributed by atoms with Crippen LogP contribution in [0.2, 0.25) is 0 Å². The number of benzene rings is 3. The molecule has 0 aromatic heterocycles. The van der Waals surface area contributed by atoms with Gasteiger partial charge >= 0.3 is 0 Å². The maximum atomic E-state index is 13.0. The van der Waals surface area contributed by atoms with Crippen LogP contribution >= 0.6 is 0 Å². The number of anilines is 1. The minimum atomic E-state index is -3.79. The third-order valence-corrected chi connectivity index (χ3v) is 6.62. The van der Waals surface area contributed by atoms with Gasteiger partial charge in [0.2, 0.25) is 15.9 Å². The van der Waals surface area contributed by atoms with E-state index in [1.165, 1.54) is 7.05 Å². The first kappa shape index (κ1) is 18.5. The first-order valence-electron chi connectivity index (χ1n) is 8.94. The van der Waals surface area contributed by atoms with Crippen LogP contribution < -0.4 is 9.64 Å². The topological polar surface area (TPSA) is 66.9 Å². The molecule has 0 atom stereocenters. The van der Waals surface area contributed by atoms with Crippen molar-refractivity contribution in [1.82, 2.24) is 4.31 Å². The van der Waals surface area contributed by atoms with Gasteiger partial charge in [-0.3, -0.25) is 4.79 Å². The molecular formula is C21H20N2O4S. The molecule has 3 aromatic carbocycles. The van der Waals surface area contributed by atoms with E-state index in [-0.39, 0.29) is 17.3 Å². The molecule has 28 heavy (non-hydrogen) atoms. The lowest BCUT2D eigenvalue weighted by molar-refractivity contribution is -0.118. The second kappa shape index (κ2) is 7.26. The molecule has 0 spiro atoms. The van der Waals surface area contributed by atoms with Crippen molar-refractivity contribution in [3.63, 3.8) is 0 Å². The van der Waals surface area contributed by atoms with Gasteiger partial charge in [0.1, 0.15) is 12.4 Å². The standard InChI is InChI=1S/C21H20N2O4S/c1-22(15-21(24)23-12-13-27-20-9-5-4-8-19(20)23)28(25,26)18-11-10-16-6-2-3-7-17(16)14-18/h2-11,14H,12-13,15H2,1H3. The summed E-state index contributed by atoms with van der Waals surface area (Å²) in [7, 11) is -2.36. The quantitative estimate of drug-likeness (QED) is 0.680. The highest BCUT2D eigenvalue weighted by Gasteiger charge is 2.28. The first-order valence-corrected chi connectivity index (χ1v) is 10.4. The van der Waals surface area contributed by atoms with Gasteiger partial charge in [-0.1, -0.05) is 42.5 Å².